The number of aromatic nitrogens is 1. The fraction of sp³-hybridized carbons (Fsp3) is 0.412. The molecule has 0 N–H and O–H groups in total. The van der Waals surface area contributed by atoms with Crippen molar-refractivity contribution in [1.82, 2.24) is 5.16 Å². The Labute approximate surface area is 134 Å². The van der Waals surface area contributed by atoms with Crippen molar-refractivity contribution in [2.45, 2.75) is 39.0 Å². The van der Waals surface area contributed by atoms with E-state index >= 15 is 0 Å². The van der Waals surface area contributed by atoms with E-state index in [4.69, 9.17) is 4.52 Å². The van der Waals surface area contributed by atoms with Gasteiger partial charge in [-0.05, 0) is 38.8 Å². The van der Waals surface area contributed by atoms with Crippen LogP contribution in [0.1, 0.15) is 29.5 Å². The van der Waals surface area contributed by atoms with Crippen LogP contribution in [0.2, 0.25) is 0 Å². The predicted octanol–water partition coefficient (Wildman–Crippen LogP) is 3.50. The van der Waals surface area contributed by atoms with Crippen LogP contribution in [0.15, 0.2) is 28.8 Å². The third kappa shape index (κ3) is 2.77. The van der Waals surface area contributed by atoms with E-state index in [0.29, 0.717) is 5.75 Å². The minimum Gasteiger partial charge on any atom is -0.361 e. The Hall–Kier alpha value is -1.75. The smallest absolute Gasteiger partial charge is 0.237 e. The summed E-state index contributed by atoms with van der Waals surface area (Å²) in [5.74, 6) is 2.26. The number of nitrogens with zero attached hydrogens (tertiary/aromatic N) is 2. The Balaban J connectivity index is 1.63. The lowest BCUT2D eigenvalue weighted by Gasteiger charge is -2.22. The Morgan fingerprint density at radius 1 is 1.41 bits per heavy atom. The van der Waals surface area contributed by atoms with Gasteiger partial charge in [-0.1, -0.05) is 23.4 Å². The van der Waals surface area contributed by atoms with E-state index < -0.39 is 0 Å². The van der Waals surface area contributed by atoms with Crippen LogP contribution >= 0.6 is 11.8 Å². The second-order valence-electron chi connectivity index (χ2n) is 5.74. The summed E-state index contributed by atoms with van der Waals surface area (Å²) in [4.78, 5) is 14.5. The number of anilines is 1. The lowest BCUT2D eigenvalue weighted by Crippen LogP contribution is -2.37. The van der Waals surface area contributed by atoms with Crippen LogP contribution in [0.3, 0.4) is 0 Å². The van der Waals surface area contributed by atoms with Gasteiger partial charge in [0.05, 0.1) is 11.4 Å². The number of hydrogen-bond donors (Lipinski definition) is 0. The monoisotopic (exact) mass is 316 g/mol. The summed E-state index contributed by atoms with van der Waals surface area (Å²) >= 11 is 1.62. The van der Waals surface area contributed by atoms with Crippen LogP contribution in [-0.4, -0.2) is 22.9 Å². The maximum Gasteiger partial charge on any atom is 0.237 e. The fourth-order valence-corrected chi connectivity index (χ4v) is 4.00. The second kappa shape index (κ2) is 6.16. The maximum atomic E-state index is 12.6. The van der Waals surface area contributed by atoms with Crippen LogP contribution in [0, 0.1) is 13.8 Å². The molecule has 1 aliphatic rings. The average Bonchev–Trinajstić information content (AvgIpc) is 2.99. The van der Waals surface area contributed by atoms with Crippen LogP contribution in [0.25, 0.3) is 0 Å². The molecule has 0 saturated heterocycles. The number of benzene rings is 1. The number of thioether (sulfide) groups is 1. The zero-order chi connectivity index (χ0) is 15.7. The van der Waals surface area contributed by atoms with Gasteiger partial charge in [0.25, 0.3) is 0 Å². The summed E-state index contributed by atoms with van der Waals surface area (Å²) in [6.45, 7) is 5.96. The van der Waals surface area contributed by atoms with Crippen LogP contribution in [0.5, 0.6) is 0 Å². The molecular weight excluding hydrogens is 296 g/mol. The van der Waals surface area contributed by atoms with Crippen LogP contribution < -0.4 is 4.90 Å². The molecule has 0 saturated carbocycles. The van der Waals surface area contributed by atoms with Crippen molar-refractivity contribution in [3.8, 4) is 0 Å². The normalized spacial score (nSPS) is 16.9. The molecule has 116 valence electrons. The molecule has 0 spiro atoms. The number of amides is 1. The molecule has 1 atom stereocenters. The van der Waals surface area contributed by atoms with E-state index in [1.54, 1.807) is 11.8 Å². The molecule has 3 rings (SSSR count). The molecule has 0 unspecified atom stereocenters. The molecule has 0 aliphatic carbocycles. The lowest BCUT2D eigenvalue weighted by atomic mass is 10.1. The minimum atomic E-state index is 0.175. The number of rotatable bonds is 4. The van der Waals surface area contributed by atoms with E-state index in [2.05, 4.69) is 18.1 Å². The van der Waals surface area contributed by atoms with Gasteiger partial charge < -0.3 is 9.42 Å². The number of carbonyl (C=O) groups is 1. The van der Waals surface area contributed by atoms with Crippen molar-refractivity contribution >= 4 is 23.4 Å². The van der Waals surface area contributed by atoms with Gasteiger partial charge in [-0.3, -0.25) is 4.79 Å². The fourth-order valence-electron chi connectivity index (χ4n) is 2.96. The van der Waals surface area contributed by atoms with Gasteiger partial charge in [0.2, 0.25) is 5.91 Å². The highest BCUT2D eigenvalue weighted by Crippen LogP contribution is 2.32. The molecule has 0 fully saturated rings. The molecule has 22 heavy (non-hydrogen) atoms. The molecule has 2 aromatic rings. The zero-order valence-corrected chi connectivity index (χ0v) is 13.9. The quantitative estimate of drug-likeness (QED) is 0.866. The van der Waals surface area contributed by atoms with Gasteiger partial charge in [0, 0.05) is 23.0 Å². The Morgan fingerprint density at radius 3 is 2.91 bits per heavy atom. The standard InChI is InChI=1S/C17H20N2O2S/c1-11-8-14-6-4-5-7-16(14)19(11)17(20)10-22-9-15-12(2)18-21-13(15)3/h4-7,11H,8-10H2,1-3H3/t11-/m0/s1. The van der Waals surface area contributed by atoms with E-state index in [0.717, 1.165) is 34.9 Å². The summed E-state index contributed by atoms with van der Waals surface area (Å²) in [7, 11) is 0. The first kappa shape index (κ1) is 15.2. The van der Waals surface area contributed by atoms with Crippen molar-refractivity contribution in [3.05, 3.63) is 46.8 Å². The summed E-state index contributed by atoms with van der Waals surface area (Å²) in [5.41, 5.74) is 4.35. The van der Waals surface area contributed by atoms with E-state index in [1.807, 2.05) is 36.9 Å². The van der Waals surface area contributed by atoms with Gasteiger partial charge in [0.1, 0.15) is 5.76 Å². The highest BCUT2D eigenvalue weighted by Gasteiger charge is 2.30. The molecule has 4 nitrogen and oxygen atoms in total. The molecule has 1 aromatic carbocycles. The second-order valence-corrected chi connectivity index (χ2v) is 6.73. The average molecular weight is 316 g/mol. The van der Waals surface area contributed by atoms with E-state index in [9.17, 15) is 4.79 Å². The number of carbonyl (C=O) groups excluding carboxylic acids is 1. The zero-order valence-electron chi connectivity index (χ0n) is 13.1. The SMILES string of the molecule is Cc1noc(C)c1CSCC(=O)N1c2ccccc2C[C@@H]1C. The van der Waals surface area contributed by atoms with Gasteiger partial charge in [-0.25, -0.2) is 0 Å². The van der Waals surface area contributed by atoms with Gasteiger partial charge in [0.15, 0.2) is 0 Å². The van der Waals surface area contributed by atoms with Crippen LogP contribution in [-0.2, 0) is 17.0 Å². The molecule has 0 bridgehead atoms. The Morgan fingerprint density at radius 2 is 2.18 bits per heavy atom. The Bertz CT molecular complexity index is 676. The highest BCUT2D eigenvalue weighted by atomic mass is 32.2. The van der Waals surface area contributed by atoms with E-state index in [-0.39, 0.29) is 11.9 Å². The number of hydrogen-bond acceptors (Lipinski definition) is 4. The molecule has 5 heteroatoms. The third-order valence-corrected chi connectivity index (χ3v) is 5.07. The van der Waals surface area contributed by atoms with Crippen LogP contribution in [0.4, 0.5) is 5.69 Å². The summed E-state index contributed by atoms with van der Waals surface area (Å²) in [5, 5.41) is 3.95. The molecule has 1 aliphatic heterocycles. The molecule has 0 radical (unpaired) electrons. The topological polar surface area (TPSA) is 46.3 Å². The summed E-state index contributed by atoms with van der Waals surface area (Å²) in [6.07, 6.45) is 0.941. The van der Waals surface area contributed by atoms with E-state index in [1.165, 1.54) is 5.56 Å². The van der Waals surface area contributed by atoms with Gasteiger partial charge in [-0.15, -0.1) is 11.8 Å². The summed E-state index contributed by atoms with van der Waals surface area (Å²) in [6, 6.07) is 8.41. The van der Waals surface area contributed by atoms with Crippen molar-refractivity contribution in [2.75, 3.05) is 10.7 Å². The number of para-hydroxylation sites is 1. The number of fused-ring (bicyclic) bond motifs is 1. The molecule has 1 aromatic heterocycles. The highest BCUT2D eigenvalue weighted by molar-refractivity contribution is 7.99. The molecule has 2 heterocycles. The Kier molecular flexibility index (Phi) is 4.25. The summed E-state index contributed by atoms with van der Waals surface area (Å²) < 4.78 is 5.16. The van der Waals surface area contributed by atoms with Crippen molar-refractivity contribution in [2.24, 2.45) is 0 Å². The minimum absolute atomic E-state index is 0.175. The van der Waals surface area contributed by atoms with Crippen molar-refractivity contribution in [3.63, 3.8) is 0 Å². The first-order chi connectivity index (χ1) is 10.6. The van der Waals surface area contributed by atoms with Gasteiger partial charge in [-0.2, -0.15) is 0 Å². The first-order valence-electron chi connectivity index (χ1n) is 7.47. The number of aryl methyl sites for hydroxylation is 2. The molecular formula is C17H20N2O2S. The van der Waals surface area contributed by atoms with Crippen molar-refractivity contribution < 1.29 is 9.32 Å². The largest absolute Gasteiger partial charge is 0.361 e. The lowest BCUT2D eigenvalue weighted by molar-refractivity contribution is -0.116. The maximum absolute atomic E-state index is 12.6. The molecule has 1 amide bonds. The third-order valence-electron chi connectivity index (χ3n) is 4.13. The first-order valence-corrected chi connectivity index (χ1v) is 8.63. The van der Waals surface area contributed by atoms with Crippen molar-refractivity contribution in [1.29, 1.82) is 0 Å². The predicted molar refractivity (Wildman–Crippen MR) is 89.2 cm³/mol. The van der Waals surface area contributed by atoms with Gasteiger partial charge >= 0.3 is 0 Å².